The van der Waals surface area contributed by atoms with Crippen LogP contribution < -0.4 is 0 Å². The summed E-state index contributed by atoms with van der Waals surface area (Å²) < 4.78 is 0. The largest absolute Gasteiger partial charge is 0.377 e. The van der Waals surface area contributed by atoms with Gasteiger partial charge in [0.15, 0.2) is 5.78 Å². The highest BCUT2D eigenvalue weighted by Gasteiger charge is 2.64. The van der Waals surface area contributed by atoms with Crippen LogP contribution in [0.2, 0.25) is 0 Å². The highest BCUT2D eigenvalue weighted by atomic mass is 16.3. The Kier molecular flexibility index (Phi) is 5.02. The number of hydrogen-bond acceptors (Lipinski definition) is 3. The Labute approximate surface area is 225 Å². The van der Waals surface area contributed by atoms with Gasteiger partial charge >= 0.3 is 0 Å². The Balaban J connectivity index is 1.43. The number of rotatable bonds is 1. The van der Waals surface area contributed by atoms with E-state index in [2.05, 4.69) is 43.0 Å². The number of nitriles is 1. The van der Waals surface area contributed by atoms with Crippen molar-refractivity contribution < 1.29 is 9.90 Å². The summed E-state index contributed by atoms with van der Waals surface area (Å²) in [5, 5.41) is 21.1. The van der Waals surface area contributed by atoms with Gasteiger partial charge in [0.05, 0.1) is 11.6 Å². The van der Waals surface area contributed by atoms with Gasteiger partial charge in [0, 0.05) is 23.2 Å². The van der Waals surface area contributed by atoms with Crippen molar-refractivity contribution in [3.8, 4) is 29.0 Å². The van der Waals surface area contributed by atoms with E-state index in [9.17, 15) is 15.2 Å². The summed E-state index contributed by atoms with van der Waals surface area (Å²) >= 11 is 0. The van der Waals surface area contributed by atoms with Crippen molar-refractivity contribution in [2.45, 2.75) is 76.7 Å². The fourth-order valence-corrected chi connectivity index (χ4v) is 9.11. The van der Waals surface area contributed by atoms with Crippen LogP contribution in [0.25, 0.3) is 11.1 Å². The highest BCUT2D eigenvalue weighted by Crippen LogP contribution is 2.70. The first-order chi connectivity index (χ1) is 18.3. The molecule has 0 bridgehead atoms. The van der Waals surface area contributed by atoms with Crippen LogP contribution in [0.4, 0.5) is 0 Å². The van der Waals surface area contributed by atoms with Gasteiger partial charge in [0.1, 0.15) is 5.60 Å². The Bertz CT molecular complexity index is 1560. The van der Waals surface area contributed by atoms with Crippen LogP contribution in [0.5, 0.6) is 0 Å². The zero-order valence-corrected chi connectivity index (χ0v) is 22.2. The van der Waals surface area contributed by atoms with E-state index in [0.29, 0.717) is 17.9 Å². The summed E-state index contributed by atoms with van der Waals surface area (Å²) in [5.74, 6) is 7.19. The van der Waals surface area contributed by atoms with Gasteiger partial charge < -0.3 is 5.11 Å². The van der Waals surface area contributed by atoms with Gasteiger partial charge in [0.2, 0.25) is 0 Å². The number of carbonyl (C=O) groups is 1. The summed E-state index contributed by atoms with van der Waals surface area (Å²) in [6, 6.07) is 16.9. The quantitative estimate of drug-likeness (QED) is 0.346. The molecule has 0 saturated heterocycles. The van der Waals surface area contributed by atoms with Crippen molar-refractivity contribution in [2.24, 2.45) is 16.7 Å². The third kappa shape index (κ3) is 3.03. The Morgan fingerprint density at radius 3 is 2.58 bits per heavy atom. The minimum absolute atomic E-state index is 0.0685. The fourth-order valence-electron chi connectivity index (χ4n) is 9.11. The molecule has 38 heavy (non-hydrogen) atoms. The molecule has 1 fully saturated rings. The van der Waals surface area contributed by atoms with Gasteiger partial charge in [-0.3, -0.25) is 4.79 Å². The molecule has 190 valence electrons. The molecule has 0 amide bonds. The summed E-state index contributed by atoms with van der Waals surface area (Å²) in [6.45, 7) is 4.13. The van der Waals surface area contributed by atoms with Crippen molar-refractivity contribution in [3.63, 3.8) is 0 Å². The highest BCUT2D eigenvalue weighted by molar-refractivity contribution is 5.92. The predicted octanol–water partition coefficient (Wildman–Crippen LogP) is 6.81. The van der Waals surface area contributed by atoms with Gasteiger partial charge in [-0.2, -0.15) is 5.26 Å². The van der Waals surface area contributed by atoms with Crippen molar-refractivity contribution in [3.05, 3.63) is 82.0 Å². The maximum absolute atomic E-state index is 12.6. The van der Waals surface area contributed by atoms with Gasteiger partial charge in [-0.15, -0.1) is 5.92 Å². The molecule has 0 aromatic heterocycles. The topological polar surface area (TPSA) is 61.1 Å². The molecule has 5 atom stereocenters. The number of hydrogen-bond donors (Lipinski definition) is 1. The van der Waals surface area contributed by atoms with Gasteiger partial charge in [-0.25, -0.2) is 0 Å². The maximum Gasteiger partial charge on any atom is 0.155 e. The number of fused-ring (bicyclic) bond motifs is 4. The van der Waals surface area contributed by atoms with Crippen LogP contribution in [0.1, 0.15) is 81.4 Å². The van der Waals surface area contributed by atoms with Crippen molar-refractivity contribution >= 4 is 5.78 Å². The number of aliphatic hydroxyl groups is 1. The molecule has 0 heterocycles. The van der Waals surface area contributed by atoms with Gasteiger partial charge in [-0.05, 0) is 98.2 Å². The summed E-state index contributed by atoms with van der Waals surface area (Å²) in [6.07, 6.45) is 9.02. The second-order valence-electron chi connectivity index (χ2n) is 12.4. The number of nitrogens with zero attached hydrogens (tertiary/aromatic N) is 1. The first kappa shape index (κ1) is 23.7. The Morgan fingerprint density at radius 2 is 1.82 bits per heavy atom. The Hall–Kier alpha value is -3.40. The van der Waals surface area contributed by atoms with E-state index in [1.54, 1.807) is 11.1 Å². The molecule has 2 aromatic carbocycles. The first-order valence-corrected chi connectivity index (χ1v) is 14.1. The molecule has 2 aromatic rings. The smallest absolute Gasteiger partial charge is 0.155 e. The fraction of sp³-hybridized carbons (Fsp3) is 0.429. The average Bonchev–Trinajstić information content (AvgIpc) is 3.18. The minimum atomic E-state index is -0.962. The molecule has 1 saturated carbocycles. The van der Waals surface area contributed by atoms with E-state index in [1.807, 2.05) is 37.3 Å². The molecule has 3 heteroatoms. The van der Waals surface area contributed by atoms with Gasteiger partial charge in [0.25, 0.3) is 0 Å². The second-order valence-corrected chi connectivity index (χ2v) is 12.4. The molecule has 7 rings (SSSR count). The number of ketones is 1. The summed E-state index contributed by atoms with van der Waals surface area (Å²) in [4.78, 5) is 12.6. The molecular formula is C35H33NO2. The van der Waals surface area contributed by atoms with E-state index in [4.69, 9.17) is 0 Å². The van der Waals surface area contributed by atoms with Crippen LogP contribution in [0, 0.1) is 39.9 Å². The molecule has 5 aliphatic rings. The minimum Gasteiger partial charge on any atom is -0.377 e. The summed E-state index contributed by atoms with van der Waals surface area (Å²) in [5.41, 5.74) is 8.90. The van der Waals surface area contributed by atoms with Crippen molar-refractivity contribution in [1.82, 2.24) is 0 Å². The van der Waals surface area contributed by atoms with E-state index in [-0.39, 0.29) is 22.5 Å². The van der Waals surface area contributed by atoms with E-state index in [0.717, 1.165) is 50.5 Å². The third-order valence-electron chi connectivity index (χ3n) is 10.9. The van der Waals surface area contributed by atoms with Gasteiger partial charge in [-0.1, -0.05) is 59.9 Å². The van der Waals surface area contributed by atoms with Crippen molar-refractivity contribution in [1.29, 1.82) is 5.26 Å². The van der Waals surface area contributed by atoms with E-state index in [1.165, 1.54) is 22.3 Å². The lowest BCUT2D eigenvalue weighted by Gasteiger charge is -2.58. The molecule has 0 radical (unpaired) electrons. The Morgan fingerprint density at radius 1 is 1.03 bits per heavy atom. The second kappa shape index (κ2) is 8.05. The monoisotopic (exact) mass is 499 g/mol. The zero-order chi connectivity index (χ0) is 26.3. The van der Waals surface area contributed by atoms with Crippen LogP contribution in [-0.2, 0) is 11.2 Å². The molecule has 0 unspecified atom stereocenters. The lowest BCUT2D eigenvalue weighted by molar-refractivity contribution is -0.115. The first-order valence-electron chi connectivity index (χ1n) is 14.1. The standard InChI is InChI=1S/C35H33NO2/c1-3-14-35(38)16-13-31-29-11-9-26-18-27(37)12-15-34(26)19-25-17-24(23-6-4-22(21-36)5-7-23)8-10-28(25)30(32(29)34)20-33(31,35)2/h4-8,10,17-18,30-31,38H,9,11-13,15-16,19-20H2,1-2H3/t30-,31+,33+,34-,35+/m1/s1. The molecule has 1 N–H and O–H groups in total. The van der Waals surface area contributed by atoms with Crippen LogP contribution in [0.15, 0.2) is 65.3 Å². The predicted molar refractivity (Wildman–Crippen MR) is 148 cm³/mol. The van der Waals surface area contributed by atoms with Crippen LogP contribution in [0.3, 0.4) is 0 Å². The van der Waals surface area contributed by atoms with E-state index < -0.39 is 5.60 Å². The average molecular weight is 500 g/mol. The van der Waals surface area contributed by atoms with Crippen molar-refractivity contribution in [2.75, 3.05) is 0 Å². The lowest BCUT2D eigenvalue weighted by Crippen LogP contribution is -2.52. The molecule has 0 aliphatic heterocycles. The number of benzene rings is 2. The SMILES string of the molecule is CC#C[C@]1(O)CC[C@H]2C3=C4[C@H](C[C@@]21C)c1ccc(-c2ccc(C#N)cc2)cc1C[C@@]41CCC(=O)C=C1CC3. The lowest BCUT2D eigenvalue weighted by atomic mass is 9.45. The maximum atomic E-state index is 12.6. The zero-order valence-electron chi connectivity index (χ0n) is 22.2. The van der Waals surface area contributed by atoms with Crippen LogP contribution in [-0.4, -0.2) is 16.5 Å². The van der Waals surface area contributed by atoms with E-state index >= 15 is 0 Å². The summed E-state index contributed by atoms with van der Waals surface area (Å²) in [7, 11) is 0. The van der Waals surface area contributed by atoms with Crippen LogP contribution >= 0.6 is 0 Å². The normalized spacial score (nSPS) is 34.6. The number of carbonyl (C=O) groups excluding carboxylic acids is 1. The molecular weight excluding hydrogens is 466 g/mol. The third-order valence-corrected chi connectivity index (χ3v) is 10.9. The molecule has 3 nitrogen and oxygen atoms in total. The molecule has 1 spiro atoms. The molecule has 5 aliphatic carbocycles. The number of allylic oxidation sites excluding steroid dienone is 4.